The van der Waals surface area contributed by atoms with E-state index in [-0.39, 0.29) is 11.0 Å². The number of rotatable bonds is 5. The van der Waals surface area contributed by atoms with Crippen LogP contribution < -0.4 is 5.32 Å². The third-order valence-corrected chi connectivity index (χ3v) is 5.19. The Labute approximate surface area is 119 Å². The van der Waals surface area contributed by atoms with Crippen molar-refractivity contribution in [2.45, 2.75) is 30.8 Å². The van der Waals surface area contributed by atoms with E-state index >= 15 is 0 Å². The lowest BCUT2D eigenvalue weighted by molar-refractivity contribution is 0.0604. The Kier molecular flexibility index (Phi) is 4.90. The maximum Gasteiger partial charge on any atom is 0.246 e. The zero-order valence-electron chi connectivity index (χ0n) is 11.7. The number of methoxy groups -OCH3 is 1. The zero-order chi connectivity index (χ0) is 14.6. The van der Waals surface area contributed by atoms with Crippen LogP contribution in [0.3, 0.4) is 0 Å². The van der Waals surface area contributed by atoms with Gasteiger partial charge in [-0.1, -0.05) is 0 Å². The van der Waals surface area contributed by atoms with Gasteiger partial charge in [-0.2, -0.15) is 4.31 Å². The minimum Gasteiger partial charge on any atom is -0.381 e. The standard InChI is InChI=1S/C12H20N4O3S/c1-3-13-12-14-8-11(9-15-12)20(17,18)16-6-4-10(19-2)5-7-16/h8-10H,3-7H2,1-2H3,(H,13,14,15). The van der Waals surface area contributed by atoms with Gasteiger partial charge in [-0.3, -0.25) is 0 Å². The summed E-state index contributed by atoms with van der Waals surface area (Å²) in [5, 5.41) is 2.93. The van der Waals surface area contributed by atoms with Gasteiger partial charge in [0.2, 0.25) is 16.0 Å². The first-order valence-corrected chi connectivity index (χ1v) is 8.10. The van der Waals surface area contributed by atoms with E-state index in [1.165, 1.54) is 16.7 Å². The topological polar surface area (TPSA) is 84.4 Å². The fourth-order valence-corrected chi connectivity index (χ4v) is 3.52. The highest BCUT2D eigenvalue weighted by Gasteiger charge is 2.29. The molecule has 112 valence electrons. The molecule has 0 spiro atoms. The summed E-state index contributed by atoms with van der Waals surface area (Å²) in [7, 11) is -1.85. The molecule has 1 saturated heterocycles. The smallest absolute Gasteiger partial charge is 0.246 e. The molecular weight excluding hydrogens is 280 g/mol. The molecule has 1 aromatic heterocycles. The van der Waals surface area contributed by atoms with Crippen molar-refractivity contribution in [3.8, 4) is 0 Å². The van der Waals surface area contributed by atoms with Gasteiger partial charge in [0.15, 0.2) is 0 Å². The second-order valence-electron chi connectivity index (χ2n) is 4.61. The monoisotopic (exact) mass is 300 g/mol. The van der Waals surface area contributed by atoms with E-state index in [2.05, 4.69) is 15.3 Å². The SMILES string of the molecule is CCNc1ncc(S(=O)(=O)N2CCC(OC)CC2)cn1. The van der Waals surface area contributed by atoms with Crippen molar-refractivity contribution >= 4 is 16.0 Å². The summed E-state index contributed by atoms with van der Waals surface area (Å²) in [5.74, 6) is 0.435. The number of hydrogen-bond acceptors (Lipinski definition) is 6. The van der Waals surface area contributed by atoms with Crippen LogP contribution in [0.4, 0.5) is 5.95 Å². The van der Waals surface area contributed by atoms with Gasteiger partial charge in [0.25, 0.3) is 0 Å². The highest BCUT2D eigenvalue weighted by molar-refractivity contribution is 7.89. The Morgan fingerprint density at radius 3 is 2.45 bits per heavy atom. The first-order valence-electron chi connectivity index (χ1n) is 6.66. The average Bonchev–Trinajstić information content (AvgIpc) is 2.48. The van der Waals surface area contributed by atoms with Gasteiger partial charge in [0.05, 0.1) is 18.5 Å². The molecule has 1 aliphatic rings. The number of sulfonamides is 1. The minimum absolute atomic E-state index is 0.134. The van der Waals surface area contributed by atoms with Crippen molar-refractivity contribution in [1.82, 2.24) is 14.3 Å². The van der Waals surface area contributed by atoms with Crippen molar-refractivity contribution in [2.75, 3.05) is 32.1 Å². The molecule has 0 aliphatic carbocycles. The van der Waals surface area contributed by atoms with Gasteiger partial charge < -0.3 is 10.1 Å². The molecule has 0 bridgehead atoms. The number of nitrogens with one attached hydrogen (secondary N) is 1. The quantitative estimate of drug-likeness (QED) is 0.862. The Bertz CT molecular complexity index is 524. The molecule has 0 aromatic carbocycles. The lowest BCUT2D eigenvalue weighted by Crippen LogP contribution is -2.40. The summed E-state index contributed by atoms with van der Waals surface area (Å²) in [6.45, 7) is 3.55. The Hall–Kier alpha value is -1.25. The van der Waals surface area contributed by atoms with Crippen LogP contribution in [-0.2, 0) is 14.8 Å². The molecular formula is C12H20N4O3S. The van der Waals surface area contributed by atoms with Crippen molar-refractivity contribution < 1.29 is 13.2 Å². The molecule has 0 atom stereocenters. The molecule has 8 heteroatoms. The van der Waals surface area contributed by atoms with Gasteiger partial charge >= 0.3 is 0 Å². The van der Waals surface area contributed by atoms with Crippen LogP contribution >= 0.6 is 0 Å². The third-order valence-electron chi connectivity index (χ3n) is 3.34. The molecule has 20 heavy (non-hydrogen) atoms. The fourth-order valence-electron chi connectivity index (χ4n) is 2.16. The molecule has 1 aliphatic heterocycles. The van der Waals surface area contributed by atoms with E-state index in [0.29, 0.717) is 38.4 Å². The van der Waals surface area contributed by atoms with Gasteiger partial charge in [0.1, 0.15) is 4.90 Å². The number of aromatic nitrogens is 2. The normalized spacial score (nSPS) is 18.1. The number of nitrogens with zero attached hydrogens (tertiary/aromatic N) is 3. The molecule has 0 amide bonds. The molecule has 7 nitrogen and oxygen atoms in total. The fraction of sp³-hybridized carbons (Fsp3) is 0.667. The summed E-state index contributed by atoms with van der Waals surface area (Å²) in [5.41, 5.74) is 0. The van der Waals surface area contributed by atoms with E-state index in [0.717, 1.165) is 0 Å². The van der Waals surface area contributed by atoms with Crippen molar-refractivity contribution in [3.63, 3.8) is 0 Å². The van der Waals surface area contributed by atoms with Gasteiger partial charge in [0, 0.05) is 26.7 Å². The first kappa shape index (κ1) is 15.1. The van der Waals surface area contributed by atoms with E-state index in [1.54, 1.807) is 7.11 Å². The molecule has 2 heterocycles. The predicted molar refractivity (Wildman–Crippen MR) is 75.0 cm³/mol. The number of piperidine rings is 1. The largest absolute Gasteiger partial charge is 0.381 e. The number of ether oxygens (including phenoxy) is 1. The summed E-state index contributed by atoms with van der Waals surface area (Å²) >= 11 is 0. The minimum atomic E-state index is -3.50. The van der Waals surface area contributed by atoms with Gasteiger partial charge in [-0.15, -0.1) is 0 Å². The van der Waals surface area contributed by atoms with Crippen LogP contribution in [0.1, 0.15) is 19.8 Å². The van der Waals surface area contributed by atoms with Crippen molar-refractivity contribution in [1.29, 1.82) is 0 Å². The second kappa shape index (κ2) is 6.47. The molecule has 1 aromatic rings. The summed E-state index contributed by atoms with van der Waals surface area (Å²) in [6, 6.07) is 0. The lowest BCUT2D eigenvalue weighted by atomic mass is 10.1. The number of anilines is 1. The highest BCUT2D eigenvalue weighted by atomic mass is 32.2. The molecule has 1 N–H and O–H groups in total. The predicted octanol–water partition coefficient (Wildman–Crippen LogP) is 0.708. The van der Waals surface area contributed by atoms with Gasteiger partial charge in [-0.25, -0.2) is 18.4 Å². The van der Waals surface area contributed by atoms with E-state index in [9.17, 15) is 8.42 Å². The average molecular weight is 300 g/mol. The van der Waals surface area contributed by atoms with Crippen LogP contribution in [0, 0.1) is 0 Å². The highest BCUT2D eigenvalue weighted by Crippen LogP contribution is 2.21. The van der Waals surface area contributed by atoms with E-state index in [1.807, 2.05) is 6.92 Å². The Morgan fingerprint density at radius 1 is 1.35 bits per heavy atom. The molecule has 0 saturated carbocycles. The third kappa shape index (κ3) is 3.25. The second-order valence-corrected chi connectivity index (χ2v) is 6.55. The number of hydrogen-bond donors (Lipinski definition) is 1. The van der Waals surface area contributed by atoms with Crippen LogP contribution in [0.15, 0.2) is 17.3 Å². The van der Waals surface area contributed by atoms with Crippen LogP contribution in [0.2, 0.25) is 0 Å². The van der Waals surface area contributed by atoms with Gasteiger partial charge in [-0.05, 0) is 19.8 Å². The molecule has 0 radical (unpaired) electrons. The van der Waals surface area contributed by atoms with Crippen LogP contribution in [-0.4, -0.2) is 55.5 Å². The maximum absolute atomic E-state index is 12.4. The first-order chi connectivity index (χ1) is 9.57. The van der Waals surface area contributed by atoms with Crippen molar-refractivity contribution in [2.24, 2.45) is 0 Å². The molecule has 0 unspecified atom stereocenters. The van der Waals surface area contributed by atoms with Crippen molar-refractivity contribution in [3.05, 3.63) is 12.4 Å². The van der Waals surface area contributed by atoms with E-state index in [4.69, 9.17) is 4.74 Å². The van der Waals surface area contributed by atoms with Crippen LogP contribution in [0.25, 0.3) is 0 Å². The summed E-state index contributed by atoms with van der Waals surface area (Å²) < 4.78 is 31.6. The Morgan fingerprint density at radius 2 is 1.95 bits per heavy atom. The summed E-state index contributed by atoms with van der Waals surface area (Å²) in [6.07, 6.45) is 4.28. The van der Waals surface area contributed by atoms with E-state index < -0.39 is 10.0 Å². The Balaban J connectivity index is 2.10. The maximum atomic E-state index is 12.4. The molecule has 1 fully saturated rings. The van der Waals surface area contributed by atoms with Crippen LogP contribution in [0.5, 0.6) is 0 Å². The zero-order valence-corrected chi connectivity index (χ0v) is 12.6. The summed E-state index contributed by atoms with van der Waals surface area (Å²) in [4.78, 5) is 8.15. The lowest BCUT2D eigenvalue weighted by Gasteiger charge is -2.30. The molecule has 2 rings (SSSR count).